The highest BCUT2D eigenvalue weighted by Crippen LogP contribution is 2.09. The molecule has 1 aliphatic heterocycles. The molecule has 1 atom stereocenters. The lowest BCUT2D eigenvalue weighted by Crippen LogP contribution is -2.52. The molecule has 3 rings (SSSR count). The first kappa shape index (κ1) is 19.6. The monoisotopic (exact) mass is 389 g/mol. The third-order valence-corrected chi connectivity index (χ3v) is 5.90. The number of nitrogens with zero attached hydrogens (tertiary/aromatic N) is 4. The maximum Gasteiger partial charge on any atom is 0.193 e. The number of guanidine groups is 1. The lowest BCUT2D eigenvalue weighted by Gasteiger charge is -2.36. The third kappa shape index (κ3) is 5.64. The van der Waals surface area contributed by atoms with Crippen molar-refractivity contribution in [3.8, 4) is 0 Å². The molecule has 0 amide bonds. The summed E-state index contributed by atoms with van der Waals surface area (Å²) in [4.78, 5) is 9.86. The number of hydrogen-bond donors (Lipinski definition) is 1. The van der Waals surface area contributed by atoms with Crippen LogP contribution < -0.4 is 5.32 Å². The summed E-state index contributed by atoms with van der Waals surface area (Å²) >= 11 is 0. The number of aromatic nitrogens is 1. The van der Waals surface area contributed by atoms with E-state index in [0.717, 1.165) is 55.0 Å². The first-order valence-corrected chi connectivity index (χ1v) is 10.5. The Labute approximate surface area is 162 Å². The molecule has 1 fully saturated rings. The summed E-state index contributed by atoms with van der Waals surface area (Å²) in [6.07, 6.45) is 0. The van der Waals surface area contributed by atoms with E-state index in [2.05, 4.69) is 25.3 Å². The van der Waals surface area contributed by atoms with Crippen LogP contribution in [-0.2, 0) is 17.3 Å². The van der Waals surface area contributed by atoms with Gasteiger partial charge in [0.05, 0.1) is 16.5 Å². The zero-order valence-corrected chi connectivity index (χ0v) is 16.7. The fraction of sp³-hybridized carbons (Fsp3) is 0.474. The predicted molar refractivity (Wildman–Crippen MR) is 107 cm³/mol. The van der Waals surface area contributed by atoms with Gasteiger partial charge in [-0.3, -0.25) is 14.1 Å². The van der Waals surface area contributed by atoms with Gasteiger partial charge >= 0.3 is 0 Å². The third-order valence-electron chi connectivity index (χ3n) is 4.52. The van der Waals surface area contributed by atoms with E-state index in [1.54, 1.807) is 7.05 Å². The Balaban J connectivity index is 1.41. The summed E-state index contributed by atoms with van der Waals surface area (Å²) in [5, 5.41) is 7.41. The average molecular weight is 390 g/mol. The lowest BCUT2D eigenvalue weighted by atomic mass is 10.3. The van der Waals surface area contributed by atoms with Crippen LogP contribution in [0.3, 0.4) is 0 Å². The van der Waals surface area contributed by atoms with Crippen LogP contribution in [0.2, 0.25) is 0 Å². The number of benzene rings is 1. The second-order valence-corrected chi connectivity index (χ2v) is 8.10. The molecular weight excluding hydrogens is 362 g/mol. The summed E-state index contributed by atoms with van der Waals surface area (Å²) in [6.45, 7) is 7.05. The number of hydrogen-bond acceptors (Lipinski definition) is 5. The van der Waals surface area contributed by atoms with Crippen LogP contribution in [0.25, 0.3) is 0 Å². The van der Waals surface area contributed by atoms with Gasteiger partial charge in [-0.25, -0.2) is 0 Å². The van der Waals surface area contributed by atoms with Gasteiger partial charge in [-0.2, -0.15) is 0 Å². The molecule has 0 radical (unpaired) electrons. The van der Waals surface area contributed by atoms with E-state index in [9.17, 15) is 4.21 Å². The molecule has 27 heavy (non-hydrogen) atoms. The Hall–Kier alpha value is -2.19. The van der Waals surface area contributed by atoms with Crippen LogP contribution in [0.5, 0.6) is 0 Å². The molecule has 0 spiro atoms. The second kappa shape index (κ2) is 9.66. The van der Waals surface area contributed by atoms with Crippen LogP contribution in [0.1, 0.15) is 11.5 Å². The van der Waals surface area contributed by atoms with Crippen molar-refractivity contribution in [2.24, 2.45) is 4.99 Å². The van der Waals surface area contributed by atoms with Gasteiger partial charge in [0.25, 0.3) is 0 Å². The van der Waals surface area contributed by atoms with Gasteiger partial charge in [-0.05, 0) is 19.1 Å². The number of aryl methyl sites for hydroxylation is 1. The molecule has 7 nitrogen and oxygen atoms in total. The van der Waals surface area contributed by atoms with Crippen molar-refractivity contribution in [1.82, 2.24) is 20.3 Å². The molecule has 0 aliphatic carbocycles. The fourth-order valence-corrected chi connectivity index (χ4v) is 4.10. The molecule has 1 unspecified atom stereocenters. The molecule has 1 aliphatic rings. The normalized spacial score (nSPS) is 17.1. The summed E-state index contributed by atoms with van der Waals surface area (Å²) in [6, 6.07) is 11.6. The van der Waals surface area contributed by atoms with Crippen LogP contribution >= 0.6 is 0 Å². The minimum atomic E-state index is -0.993. The van der Waals surface area contributed by atoms with Gasteiger partial charge in [0.2, 0.25) is 0 Å². The highest BCUT2D eigenvalue weighted by atomic mass is 32.2. The van der Waals surface area contributed by atoms with Crippen molar-refractivity contribution in [3.05, 3.63) is 47.9 Å². The van der Waals surface area contributed by atoms with Crippen LogP contribution in [0.4, 0.5) is 0 Å². The second-order valence-electron chi connectivity index (χ2n) is 6.53. The highest BCUT2D eigenvalue weighted by Gasteiger charge is 2.20. The Kier molecular flexibility index (Phi) is 7.00. The van der Waals surface area contributed by atoms with E-state index in [1.165, 1.54) is 0 Å². The highest BCUT2D eigenvalue weighted by molar-refractivity contribution is 7.85. The Morgan fingerprint density at radius 2 is 2.00 bits per heavy atom. The molecule has 8 heteroatoms. The number of piperazine rings is 1. The van der Waals surface area contributed by atoms with Crippen molar-refractivity contribution in [2.75, 3.05) is 45.5 Å². The van der Waals surface area contributed by atoms with Gasteiger partial charge in [-0.1, -0.05) is 23.4 Å². The smallest absolute Gasteiger partial charge is 0.193 e. The zero-order chi connectivity index (χ0) is 19.1. The zero-order valence-electron chi connectivity index (χ0n) is 15.9. The van der Waals surface area contributed by atoms with Gasteiger partial charge in [0.1, 0.15) is 5.76 Å². The van der Waals surface area contributed by atoms with Crippen molar-refractivity contribution < 1.29 is 8.73 Å². The molecule has 0 saturated carbocycles. The van der Waals surface area contributed by atoms with Crippen LogP contribution in [-0.4, -0.2) is 70.6 Å². The van der Waals surface area contributed by atoms with E-state index in [4.69, 9.17) is 4.52 Å². The Morgan fingerprint density at radius 3 is 2.63 bits per heavy atom. The largest absolute Gasteiger partial charge is 0.361 e. The summed E-state index contributed by atoms with van der Waals surface area (Å²) in [7, 11) is 0.799. The first-order valence-electron chi connectivity index (χ1n) is 9.19. The van der Waals surface area contributed by atoms with Gasteiger partial charge in [0.15, 0.2) is 5.96 Å². The molecule has 1 aromatic carbocycles. The summed E-state index contributed by atoms with van der Waals surface area (Å²) in [5.74, 6) is 2.28. The first-order chi connectivity index (χ1) is 13.2. The molecule has 1 N–H and O–H groups in total. The van der Waals surface area contributed by atoms with Gasteiger partial charge < -0.3 is 14.7 Å². The van der Waals surface area contributed by atoms with Crippen molar-refractivity contribution >= 4 is 16.8 Å². The standard InChI is InChI=1S/C19H27N5O2S/c1-16-14-17(22-26-16)15-23-9-11-24(12-10-23)19(20-2)21-8-13-27(25)18-6-4-3-5-7-18/h3-7,14H,8-13,15H2,1-2H3,(H,20,21). The molecule has 1 saturated heterocycles. The maximum absolute atomic E-state index is 12.3. The fourth-order valence-electron chi connectivity index (χ4n) is 3.12. The number of rotatable bonds is 6. The van der Waals surface area contributed by atoms with Crippen molar-refractivity contribution in [1.29, 1.82) is 0 Å². The average Bonchev–Trinajstić information content (AvgIpc) is 3.11. The molecular formula is C19H27N5O2S. The number of aliphatic imine (C=N–C) groups is 1. The minimum Gasteiger partial charge on any atom is -0.361 e. The molecule has 2 aromatic rings. The van der Waals surface area contributed by atoms with Crippen LogP contribution in [0.15, 0.2) is 50.8 Å². The Bertz CT molecular complexity index is 769. The summed E-state index contributed by atoms with van der Waals surface area (Å²) < 4.78 is 17.4. The van der Waals surface area contributed by atoms with Gasteiger partial charge in [-0.15, -0.1) is 0 Å². The van der Waals surface area contributed by atoms with Gasteiger partial charge in [0, 0.05) is 63.0 Å². The SMILES string of the molecule is CN=C(NCCS(=O)c1ccccc1)N1CCN(Cc2cc(C)on2)CC1. The molecule has 146 valence electrons. The van der Waals surface area contributed by atoms with E-state index in [1.807, 2.05) is 43.3 Å². The van der Waals surface area contributed by atoms with E-state index >= 15 is 0 Å². The molecule has 2 heterocycles. The molecule has 1 aromatic heterocycles. The van der Waals surface area contributed by atoms with E-state index in [0.29, 0.717) is 12.3 Å². The van der Waals surface area contributed by atoms with E-state index in [-0.39, 0.29) is 0 Å². The van der Waals surface area contributed by atoms with E-state index < -0.39 is 10.8 Å². The quantitative estimate of drug-likeness (QED) is 0.596. The maximum atomic E-state index is 12.3. The lowest BCUT2D eigenvalue weighted by molar-refractivity contribution is 0.169. The molecule has 0 bridgehead atoms. The Morgan fingerprint density at radius 1 is 1.26 bits per heavy atom. The number of nitrogens with one attached hydrogen (secondary N) is 1. The van der Waals surface area contributed by atoms with Crippen molar-refractivity contribution in [2.45, 2.75) is 18.4 Å². The van der Waals surface area contributed by atoms with Crippen molar-refractivity contribution in [3.63, 3.8) is 0 Å². The predicted octanol–water partition coefficient (Wildman–Crippen LogP) is 1.48. The minimum absolute atomic E-state index is 0.564. The topological polar surface area (TPSA) is 74.0 Å². The van der Waals surface area contributed by atoms with Crippen LogP contribution in [0, 0.1) is 6.92 Å². The summed E-state index contributed by atoms with van der Waals surface area (Å²) in [5.41, 5.74) is 0.979.